The molecule has 0 radical (unpaired) electrons. The van der Waals surface area contributed by atoms with E-state index < -0.39 is 6.09 Å². The lowest BCUT2D eigenvalue weighted by Crippen LogP contribution is -2.19. The summed E-state index contributed by atoms with van der Waals surface area (Å²) in [5, 5.41) is 9.06. The predicted octanol–water partition coefficient (Wildman–Crippen LogP) is 0.858. The van der Waals surface area contributed by atoms with Gasteiger partial charge in [-0.3, -0.25) is 0 Å². The van der Waals surface area contributed by atoms with E-state index in [9.17, 15) is 4.79 Å². The number of rotatable bonds is 4. The highest BCUT2D eigenvalue weighted by Crippen LogP contribution is 2.14. The number of ether oxygens (including phenoxy) is 1. The number of hydrogen-bond donors (Lipinski definition) is 2. The first-order valence-corrected chi connectivity index (χ1v) is 4.32. The van der Waals surface area contributed by atoms with E-state index in [1.807, 2.05) is 30.3 Å². The zero-order chi connectivity index (χ0) is 10.4. The highest BCUT2D eigenvalue weighted by molar-refractivity contribution is 5.64. The number of aliphatic hydroxyl groups excluding tert-OH is 1. The molecular weight excluding hydrogens is 182 g/mol. The maximum absolute atomic E-state index is 10.4. The number of amides is 1. The first kappa shape index (κ1) is 10.5. The number of carbonyl (C=O) groups is 1. The number of benzene rings is 1. The van der Waals surface area contributed by atoms with Gasteiger partial charge in [0.05, 0.1) is 6.61 Å². The van der Waals surface area contributed by atoms with E-state index in [1.54, 1.807) is 0 Å². The smallest absolute Gasteiger partial charge is 0.404 e. The van der Waals surface area contributed by atoms with Gasteiger partial charge < -0.3 is 15.6 Å². The average Bonchev–Trinajstić information content (AvgIpc) is 2.20. The van der Waals surface area contributed by atoms with E-state index in [-0.39, 0.29) is 19.1 Å². The number of hydrogen-bond acceptors (Lipinski definition) is 3. The van der Waals surface area contributed by atoms with Gasteiger partial charge in [0.25, 0.3) is 0 Å². The van der Waals surface area contributed by atoms with Crippen LogP contribution in [-0.4, -0.2) is 24.4 Å². The summed E-state index contributed by atoms with van der Waals surface area (Å²) < 4.78 is 4.63. The van der Waals surface area contributed by atoms with Crippen LogP contribution < -0.4 is 5.73 Å². The highest BCUT2D eigenvalue weighted by Gasteiger charge is 2.11. The molecule has 1 amide bonds. The molecule has 0 unspecified atom stereocenters. The molecule has 1 rings (SSSR count). The normalized spacial score (nSPS) is 12.1. The van der Waals surface area contributed by atoms with E-state index in [4.69, 9.17) is 10.8 Å². The van der Waals surface area contributed by atoms with E-state index in [0.717, 1.165) is 5.56 Å². The zero-order valence-electron chi connectivity index (χ0n) is 7.72. The Balaban J connectivity index is 2.58. The summed E-state index contributed by atoms with van der Waals surface area (Å²) in [6.45, 7) is 0.0349. The molecule has 4 heteroatoms. The van der Waals surface area contributed by atoms with Crippen LogP contribution in [0.25, 0.3) is 0 Å². The van der Waals surface area contributed by atoms with E-state index in [2.05, 4.69) is 4.74 Å². The largest absolute Gasteiger partial charge is 0.449 e. The number of aliphatic hydroxyl groups is 1. The lowest BCUT2D eigenvalue weighted by atomic mass is 10.0. The third kappa shape index (κ3) is 3.06. The zero-order valence-corrected chi connectivity index (χ0v) is 7.72. The van der Waals surface area contributed by atoms with E-state index in [0.29, 0.717) is 0 Å². The van der Waals surface area contributed by atoms with Crippen LogP contribution in [0.15, 0.2) is 30.3 Å². The second-order valence-electron chi connectivity index (χ2n) is 2.92. The molecule has 76 valence electrons. The Hall–Kier alpha value is -1.55. The Morgan fingerprint density at radius 3 is 2.57 bits per heavy atom. The van der Waals surface area contributed by atoms with Crippen molar-refractivity contribution in [3.05, 3.63) is 35.9 Å². The van der Waals surface area contributed by atoms with Crippen LogP contribution in [0.1, 0.15) is 11.5 Å². The van der Waals surface area contributed by atoms with Gasteiger partial charge in [-0.25, -0.2) is 4.79 Å². The maximum atomic E-state index is 10.4. The van der Waals surface area contributed by atoms with Crippen molar-refractivity contribution in [3.63, 3.8) is 0 Å². The molecular formula is C10H13NO3. The molecule has 0 fully saturated rings. The molecule has 0 aromatic heterocycles. The van der Waals surface area contributed by atoms with E-state index in [1.165, 1.54) is 0 Å². The van der Waals surface area contributed by atoms with Crippen LogP contribution in [0.2, 0.25) is 0 Å². The lowest BCUT2D eigenvalue weighted by molar-refractivity contribution is 0.133. The van der Waals surface area contributed by atoms with Gasteiger partial charge in [0, 0.05) is 5.92 Å². The molecule has 1 atom stereocenters. The topological polar surface area (TPSA) is 72.6 Å². The van der Waals surface area contributed by atoms with Crippen molar-refractivity contribution in [1.29, 1.82) is 0 Å². The molecule has 1 aromatic rings. The van der Waals surface area contributed by atoms with Gasteiger partial charge in [0.1, 0.15) is 6.61 Å². The summed E-state index contributed by atoms with van der Waals surface area (Å²) in [5.74, 6) is -0.205. The second-order valence-corrected chi connectivity index (χ2v) is 2.92. The van der Waals surface area contributed by atoms with Crippen LogP contribution in [0.4, 0.5) is 4.79 Å². The summed E-state index contributed by atoms with van der Waals surface area (Å²) in [5.41, 5.74) is 5.76. The standard InChI is InChI=1S/C10H13NO3/c11-10(13)14-7-9(6-12)8-4-2-1-3-5-8/h1-5,9,12H,6-7H2,(H2,11,13)/t9-/m0/s1. The minimum atomic E-state index is -0.820. The molecule has 0 aliphatic heterocycles. The fourth-order valence-electron chi connectivity index (χ4n) is 1.16. The van der Waals surface area contributed by atoms with Crippen molar-refractivity contribution in [1.82, 2.24) is 0 Å². The third-order valence-electron chi connectivity index (χ3n) is 1.92. The molecule has 4 nitrogen and oxygen atoms in total. The highest BCUT2D eigenvalue weighted by atomic mass is 16.5. The fraction of sp³-hybridized carbons (Fsp3) is 0.300. The molecule has 3 N–H and O–H groups in total. The molecule has 0 saturated carbocycles. The first-order chi connectivity index (χ1) is 6.74. The van der Waals surface area contributed by atoms with Gasteiger partial charge in [-0.05, 0) is 5.56 Å². The van der Waals surface area contributed by atoms with Crippen LogP contribution in [0, 0.1) is 0 Å². The van der Waals surface area contributed by atoms with Gasteiger partial charge >= 0.3 is 6.09 Å². The molecule has 14 heavy (non-hydrogen) atoms. The van der Waals surface area contributed by atoms with Crippen molar-refractivity contribution in [2.24, 2.45) is 5.73 Å². The summed E-state index contributed by atoms with van der Waals surface area (Å²) in [6.07, 6.45) is -0.820. The minimum absolute atomic E-state index is 0.0721. The van der Waals surface area contributed by atoms with Crippen molar-refractivity contribution in [2.75, 3.05) is 13.2 Å². The van der Waals surface area contributed by atoms with Crippen molar-refractivity contribution in [3.8, 4) is 0 Å². The Bertz CT molecular complexity index is 287. The fourth-order valence-corrected chi connectivity index (χ4v) is 1.16. The van der Waals surface area contributed by atoms with Gasteiger partial charge in [0.2, 0.25) is 0 Å². The lowest BCUT2D eigenvalue weighted by Gasteiger charge is -2.13. The summed E-state index contributed by atoms with van der Waals surface area (Å²) in [7, 11) is 0. The Kier molecular flexibility index (Phi) is 3.94. The molecule has 1 aromatic carbocycles. The maximum Gasteiger partial charge on any atom is 0.404 e. The van der Waals surface area contributed by atoms with Crippen molar-refractivity contribution >= 4 is 6.09 Å². The number of primary amides is 1. The van der Waals surface area contributed by atoms with Crippen LogP contribution >= 0.6 is 0 Å². The van der Waals surface area contributed by atoms with E-state index >= 15 is 0 Å². The van der Waals surface area contributed by atoms with Crippen molar-refractivity contribution in [2.45, 2.75) is 5.92 Å². The number of nitrogens with two attached hydrogens (primary N) is 1. The van der Waals surface area contributed by atoms with Crippen LogP contribution in [0.3, 0.4) is 0 Å². The third-order valence-corrected chi connectivity index (χ3v) is 1.92. The first-order valence-electron chi connectivity index (χ1n) is 4.32. The van der Waals surface area contributed by atoms with Crippen LogP contribution in [0.5, 0.6) is 0 Å². The Morgan fingerprint density at radius 1 is 1.43 bits per heavy atom. The Morgan fingerprint density at radius 2 is 2.07 bits per heavy atom. The van der Waals surface area contributed by atoms with Gasteiger partial charge in [-0.2, -0.15) is 0 Å². The monoisotopic (exact) mass is 195 g/mol. The summed E-state index contributed by atoms with van der Waals surface area (Å²) in [4.78, 5) is 10.4. The SMILES string of the molecule is NC(=O)OC[C@H](CO)c1ccccc1. The Labute approximate surface area is 82.3 Å². The molecule has 0 aliphatic carbocycles. The van der Waals surface area contributed by atoms with Gasteiger partial charge in [-0.1, -0.05) is 30.3 Å². The summed E-state index contributed by atoms with van der Waals surface area (Å²) >= 11 is 0. The molecule has 0 spiro atoms. The molecule has 0 saturated heterocycles. The predicted molar refractivity (Wildman–Crippen MR) is 51.8 cm³/mol. The quantitative estimate of drug-likeness (QED) is 0.748. The van der Waals surface area contributed by atoms with Gasteiger partial charge in [-0.15, -0.1) is 0 Å². The van der Waals surface area contributed by atoms with Crippen LogP contribution in [-0.2, 0) is 4.74 Å². The average molecular weight is 195 g/mol. The second kappa shape index (κ2) is 5.24. The molecule has 0 heterocycles. The van der Waals surface area contributed by atoms with Crippen molar-refractivity contribution < 1.29 is 14.6 Å². The molecule has 0 bridgehead atoms. The van der Waals surface area contributed by atoms with Gasteiger partial charge in [0.15, 0.2) is 0 Å². The summed E-state index contributed by atoms with van der Waals surface area (Å²) in [6, 6.07) is 9.34. The molecule has 0 aliphatic rings. The minimum Gasteiger partial charge on any atom is -0.449 e. The number of carbonyl (C=O) groups excluding carboxylic acids is 1.